The van der Waals surface area contributed by atoms with Crippen molar-refractivity contribution in [1.29, 1.82) is 5.26 Å². The van der Waals surface area contributed by atoms with E-state index in [1.165, 1.54) is 37.8 Å². The highest BCUT2D eigenvalue weighted by atomic mass is 16.5. The van der Waals surface area contributed by atoms with Crippen molar-refractivity contribution in [2.24, 2.45) is 0 Å². The van der Waals surface area contributed by atoms with Crippen molar-refractivity contribution in [3.63, 3.8) is 0 Å². The van der Waals surface area contributed by atoms with Crippen molar-refractivity contribution in [3.8, 4) is 11.8 Å². The van der Waals surface area contributed by atoms with E-state index < -0.39 is 5.91 Å². The van der Waals surface area contributed by atoms with Crippen LogP contribution in [0.15, 0.2) is 35.9 Å². The number of carbonyl (C=O) groups is 1. The summed E-state index contributed by atoms with van der Waals surface area (Å²) in [5.41, 5.74) is 3.93. The second-order valence-corrected chi connectivity index (χ2v) is 7.57. The Balaban J connectivity index is 1.81. The lowest BCUT2D eigenvalue weighted by molar-refractivity contribution is -0.112. The summed E-state index contributed by atoms with van der Waals surface area (Å²) in [6, 6.07) is 11.8. The average molecular weight is 392 g/mol. The average Bonchev–Trinajstić information content (AvgIpc) is 3.00. The number of nitrogens with zero attached hydrogens (tertiary/aromatic N) is 2. The van der Waals surface area contributed by atoms with Gasteiger partial charge in [0.2, 0.25) is 0 Å². The van der Waals surface area contributed by atoms with Crippen LogP contribution in [0, 0.1) is 25.2 Å². The van der Waals surface area contributed by atoms with E-state index in [4.69, 9.17) is 4.74 Å². The predicted octanol–water partition coefficient (Wildman–Crippen LogP) is 5.55. The number of nitrogens with one attached hydrogen (secondary N) is 1. The summed E-state index contributed by atoms with van der Waals surface area (Å²) in [6.45, 7) is 6.64. The van der Waals surface area contributed by atoms with E-state index >= 15 is 0 Å². The van der Waals surface area contributed by atoms with Gasteiger partial charge < -0.3 is 14.6 Å². The summed E-state index contributed by atoms with van der Waals surface area (Å²) in [6.07, 6.45) is 7.93. The number of nitriles is 1. The summed E-state index contributed by atoms with van der Waals surface area (Å²) >= 11 is 0. The van der Waals surface area contributed by atoms with Gasteiger partial charge >= 0.3 is 0 Å². The Labute approximate surface area is 173 Å². The van der Waals surface area contributed by atoms with Crippen molar-refractivity contribution in [1.82, 2.24) is 4.57 Å². The first-order chi connectivity index (χ1) is 14.0. The number of hydrogen-bond acceptors (Lipinski definition) is 3. The van der Waals surface area contributed by atoms with E-state index in [-0.39, 0.29) is 5.57 Å². The van der Waals surface area contributed by atoms with Crippen LogP contribution in [0.4, 0.5) is 5.69 Å². The smallest absolute Gasteiger partial charge is 0.266 e. The Bertz CT molecular complexity index is 944. The van der Waals surface area contributed by atoms with Crippen molar-refractivity contribution < 1.29 is 9.53 Å². The van der Waals surface area contributed by atoms with Gasteiger partial charge in [0.05, 0.1) is 6.61 Å². The van der Waals surface area contributed by atoms with Gasteiger partial charge in [-0.05, 0) is 63.5 Å². The monoisotopic (exact) mass is 391 g/mol. The van der Waals surface area contributed by atoms with Gasteiger partial charge in [0.1, 0.15) is 17.4 Å². The molecule has 0 bridgehead atoms. The summed E-state index contributed by atoms with van der Waals surface area (Å²) in [5.74, 6) is 0.271. The van der Waals surface area contributed by atoms with Crippen LogP contribution in [0.25, 0.3) is 6.08 Å². The Morgan fingerprint density at radius 3 is 2.72 bits per heavy atom. The summed E-state index contributed by atoms with van der Waals surface area (Å²) in [4.78, 5) is 12.7. The highest BCUT2D eigenvalue weighted by molar-refractivity contribution is 6.09. The van der Waals surface area contributed by atoms with Crippen molar-refractivity contribution in [2.45, 2.75) is 58.9 Å². The lowest BCUT2D eigenvalue weighted by Crippen LogP contribution is -2.15. The zero-order chi connectivity index (χ0) is 20.8. The fourth-order valence-corrected chi connectivity index (χ4v) is 4.18. The molecule has 5 heteroatoms. The van der Waals surface area contributed by atoms with Gasteiger partial charge in [0.25, 0.3) is 5.91 Å². The number of rotatable bonds is 6. The number of aromatic nitrogens is 1. The lowest BCUT2D eigenvalue weighted by atomic mass is 9.95. The molecule has 1 heterocycles. The van der Waals surface area contributed by atoms with E-state index in [1.54, 1.807) is 18.2 Å². The van der Waals surface area contributed by atoms with Crippen LogP contribution < -0.4 is 10.1 Å². The molecule has 1 aliphatic carbocycles. The Morgan fingerprint density at radius 2 is 2.03 bits per heavy atom. The molecule has 0 spiro atoms. The molecule has 1 amide bonds. The number of anilines is 1. The molecule has 0 saturated heterocycles. The number of ether oxygens (including phenoxy) is 1. The maximum absolute atomic E-state index is 12.7. The Kier molecular flexibility index (Phi) is 6.77. The van der Waals surface area contributed by atoms with Gasteiger partial charge in [-0.3, -0.25) is 4.79 Å². The van der Waals surface area contributed by atoms with Crippen molar-refractivity contribution >= 4 is 17.7 Å². The van der Waals surface area contributed by atoms with Crippen LogP contribution in [0.2, 0.25) is 0 Å². The van der Waals surface area contributed by atoms with E-state index in [0.29, 0.717) is 24.1 Å². The molecule has 0 radical (unpaired) electrons. The molecule has 0 atom stereocenters. The first-order valence-corrected chi connectivity index (χ1v) is 10.4. The minimum Gasteiger partial charge on any atom is -0.494 e. The maximum atomic E-state index is 12.7. The quantitative estimate of drug-likeness (QED) is 0.518. The Morgan fingerprint density at radius 1 is 1.28 bits per heavy atom. The molecule has 1 aliphatic rings. The molecular weight excluding hydrogens is 362 g/mol. The minimum absolute atomic E-state index is 0.0932. The first kappa shape index (κ1) is 20.7. The number of hydrogen-bond donors (Lipinski definition) is 1. The van der Waals surface area contributed by atoms with Crippen LogP contribution in [0.3, 0.4) is 0 Å². The molecule has 3 rings (SSSR count). The van der Waals surface area contributed by atoms with Gasteiger partial charge in [-0.25, -0.2) is 0 Å². The minimum atomic E-state index is -0.413. The molecule has 0 aliphatic heterocycles. The third-order valence-electron chi connectivity index (χ3n) is 5.53. The second kappa shape index (κ2) is 9.47. The molecule has 0 unspecified atom stereocenters. The van der Waals surface area contributed by atoms with Gasteiger partial charge in [-0.15, -0.1) is 0 Å². The maximum Gasteiger partial charge on any atom is 0.266 e. The predicted molar refractivity (Wildman–Crippen MR) is 116 cm³/mol. The zero-order valence-electron chi connectivity index (χ0n) is 17.5. The molecule has 5 nitrogen and oxygen atoms in total. The third kappa shape index (κ3) is 4.89. The standard InChI is InChI=1S/C24H29N3O2/c1-4-29-23-12-8-9-21(15-23)26-24(28)20(16-25)14-19-13-17(2)27(18(19)3)22-10-6-5-7-11-22/h8-9,12-15,22H,4-7,10-11H2,1-3H3,(H,26,28)/b20-14-. The van der Waals surface area contributed by atoms with Crippen LogP contribution in [0.5, 0.6) is 5.75 Å². The molecule has 1 aromatic carbocycles. The van der Waals surface area contributed by atoms with Gasteiger partial charge in [-0.2, -0.15) is 5.26 Å². The summed E-state index contributed by atoms with van der Waals surface area (Å²) in [5, 5.41) is 12.4. The number of carbonyl (C=O) groups excluding carboxylic acids is 1. The van der Waals surface area contributed by atoms with E-state index in [1.807, 2.05) is 19.1 Å². The molecule has 152 valence electrons. The van der Waals surface area contributed by atoms with Gasteiger partial charge in [0, 0.05) is 29.2 Å². The Hall–Kier alpha value is -3.00. The van der Waals surface area contributed by atoms with Gasteiger partial charge in [0.15, 0.2) is 0 Å². The normalized spacial score (nSPS) is 15.0. The molecule has 29 heavy (non-hydrogen) atoms. The van der Waals surface area contributed by atoms with E-state index in [9.17, 15) is 10.1 Å². The largest absolute Gasteiger partial charge is 0.494 e. The van der Waals surface area contributed by atoms with Gasteiger partial charge in [-0.1, -0.05) is 25.3 Å². The SMILES string of the molecule is CCOc1cccc(NC(=O)/C(C#N)=C\c2cc(C)n(C3CCCCC3)c2C)c1. The van der Waals surface area contributed by atoms with Crippen LogP contribution >= 0.6 is 0 Å². The lowest BCUT2D eigenvalue weighted by Gasteiger charge is -2.26. The topological polar surface area (TPSA) is 67.0 Å². The van der Waals surface area contributed by atoms with Crippen LogP contribution in [-0.2, 0) is 4.79 Å². The second-order valence-electron chi connectivity index (χ2n) is 7.57. The zero-order valence-corrected chi connectivity index (χ0v) is 17.5. The molecular formula is C24H29N3O2. The number of aryl methyl sites for hydroxylation is 1. The summed E-state index contributed by atoms with van der Waals surface area (Å²) < 4.78 is 7.84. The molecule has 1 aromatic heterocycles. The fraction of sp³-hybridized carbons (Fsp3) is 0.417. The first-order valence-electron chi connectivity index (χ1n) is 10.4. The molecule has 1 fully saturated rings. The molecule has 1 saturated carbocycles. The third-order valence-corrected chi connectivity index (χ3v) is 5.53. The number of benzene rings is 1. The highest BCUT2D eigenvalue weighted by Gasteiger charge is 2.20. The fourth-order valence-electron chi connectivity index (χ4n) is 4.18. The van der Waals surface area contributed by atoms with Crippen molar-refractivity contribution in [3.05, 3.63) is 52.9 Å². The van der Waals surface area contributed by atoms with Crippen molar-refractivity contribution in [2.75, 3.05) is 11.9 Å². The highest BCUT2D eigenvalue weighted by Crippen LogP contribution is 2.32. The van der Waals surface area contributed by atoms with Crippen LogP contribution in [0.1, 0.15) is 62.0 Å². The number of amides is 1. The summed E-state index contributed by atoms with van der Waals surface area (Å²) in [7, 11) is 0. The molecule has 2 aromatic rings. The van der Waals surface area contributed by atoms with Crippen LogP contribution in [-0.4, -0.2) is 17.1 Å². The van der Waals surface area contributed by atoms with E-state index in [0.717, 1.165) is 11.3 Å². The van der Waals surface area contributed by atoms with E-state index in [2.05, 4.69) is 35.9 Å². The molecule has 1 N–H and O–H groups in total.